The zero-order valence-electron chi connectivity index (χ0n) is 9.24. The summed E-state index contributed by atoms with van der Waals surface area (Å²) >= 11 is 0. The first-order chi connectivity index (χ1) is 7.70. The van der Waals surface area contributed by atoms with Crippen molar-refractivity contribution in [3.8, 4) is 11.4 Å². The van der Waals surface area contributed by atoms with Gasteiger partial charge in [-0.2, -0.15) is 5.10 Å². The predicted octanol–water partition coefficient (Wildman–Crippen LogP) is 1.34. The van der Waals surface area contributed by atoms with Gasteiger partial charge in [0, 0.05) is 12.6 Å². The number of benzene rings is 1. The van der Waals surface area contributed by atoms with Gasteiger partial charge in [-0.15, -0.1) is 0 Å². The molecule has 1 aromatic carbocycles. The van der Waals surface area contributed by atoms with Crippen LogP contribution in [-0.4, -0.2) is 21.8 Å². The van der Waals surface area contributed by atoms with E-state index in [0.29, 0.717) is 17.9 Å². The van der Waals surface area contributed by atoms with Gasteiger partial charge in [0.2, 0.25) is 0 Å². The monoisotopic (exact) mass is 220 g/mol. The highest BCUT2D eigenvalue weighted by Gasteiger charge is 2.08. The number of nitrogens with one attached hydrogen (secondary N) is 1. The van der Waals surface area contributed by atoms with E-state index in [9.17, 15) is 4.39 Å². The Labute approximate surface area is 93.1 Å². The van der Waals surface area contributed by atoms with Gasteiger partial charge < -0.3 is 5.32 Å². The van der Waals surface area contributed by atoms with Crippen LogP contribution < -0.4 is 5.32 Å². The number of hydrogen-bond acceptors (Lipinski definition) is 3. The maximum absolute atomic E-state index is 13.0. The van der Waals surface area contributed by atoms with Crippen molar-refractivity contribution in [3.63, 3.8) is 0 Å². The van der Waals surface area contributed by atoms with Crippen molar-refractivity contribution in [2.45, 2.75) is 6.54 Å². The molecule has 0 bridgehead atoms. The molecule has 4 nitrogen and oxygen atoms in total. The Hall–Kier alpha value is -1.75. The lowest BCUT2D eigenvalue weighted by atomic mass is 10.2. The molecule has 0 amide bonds. The van der Waals surface area contributed by atoms with Gasteiger partial charge in [0.25, 0.3) is 0 Å². The third-order valence-corrected chi connectivity index (χ3v) is 2.27. The summed E-state index contributed by atoms with van der Waals surface area (Å²) in [6, 6.07) is 6.28. The molecule has 2 aromatic rings. The summed E-state index contributed by atoms with van der Waals surface area (Å²) in [5.74, 6) is 1.09. The molecular formula is C11H13FN4. The largest absolute Gasteiger partial charge is 0.313 e. The molecule has 0 saturated heterocycles. The number of aryl methyl sites for hydroxylation is 1. The minimum absolute atomic E-state index is 0.278. The van der Waals surface area contributed by atoms with Crippen LogP contribution in [0.25, 0.3) is 11.4 Å². The molecule has 0 atom stereocenters. The second kappa shape index (κ2) is 4.40. The summed E-state index contributed by atoms with van der Waals surface area (Å²) in [6.45, 7) is 0.638. The lowest BCUT2D eigenvalue weighted by Crippen LogP contribution is -2.10. The van der Waals surface area contributed by atoms with E-state index in [0.717, 1.165) is 5.82 Å². The highest BCUT2D eigenvalue weighted by Crippen LogP contribution is 2.16. The van der Waals surface area contributed by atoms with E-state index in [1.807, 2.05) is 14.1 Å². The molecule has 0 saturated carbocycles. The maximum atomic E-state index is 13.0. The van der Waals surface area contributed by atoms with Crippen LogP contribution in [0.2, 0.25) is 0 Å². The second-order valence-electron chi connectivity index (χ2n) is 3.52. The smallest absolute Gasteiger partial charge is 0.181 e. The Kier molecular flexibility index (Phi) is 2.96. The fourth-order valence-electron chi connectivity index (χ4n) is 1.48. The van der Waals surface area contributed by atoms with E-state index in [4.69, 9.17) is 0 Å². The van der Waals surface area contributed by atoms with Crippen molar-refractivity contribution >= 4 is 0 Å². The van der Waals surface area contributed by atoms with Gasteiger partial charge in [-0.3, -0.25) is 4.68 Å². The molecule has 1 N–H and O–H groups in total. The zero-order chi connectivity index (χ0) is 11.5. The van der Waals surface area contributed by atoms with E-state index in [1.165, 1.54) is 12.1 Å². The summed E-state index contributed by atoms with van der Waals surface area (Å²) in [5, 5.41) is 7.24. The van der Waals surface area contributed by atoms with E-state index >= 15 is 0 Å². The molecule has 2 rings (SSSR count). The number of rotatable bonds is 3. The molecule has 1 heterocycles. The summed E-state index contributed by atoms with van der Waals surface area (Å²) in [6.07, 6.45) is 0. The third kappa shape index (κ3) is 2.09. The Bertz CT molecular complexity index is 492. The van der Waals surface area contributed by atoms with E-state index in [-0.39, 0.29) is 5.82 Å². The molecule has 84 valence electrons. The maximum Gasteiger partial charge on any atom is 0.181 e. The fraction of sp³-hybridized carbons (Fsp3) is 0.273. The standard InChI is InChI=1S/C11H13FN4/c1-13-7-10-14-11(15-16(10)2)8-4-3-5-9(12)6-8/h3-6,13H,7H2,1-2H3. The normalized spacial score (nSPS) is 10.7. The molecule has 1 aromatic heterocycles. The average Bonchev–Trinajstić information content (AvgIpc) is 2.61. The molecule has 5 heteroatoms. The molecule has 0 aliphatic carbocycles. The topological polar surface area (TPSA) is 42.7 Å². The Balaban J connectivity index is 2.37. The lowest BCUT2D eigenvalue weighted by molar-refractivity contribution is 0.628. The van der Waals surface area contributed by atoms with E-state index < -0.39 is 0 Å². The summed E-state index contributed by atoms with van der Waals surface area (Å²) in [4.78, 5) is 4.33. The van der Waals surface area contributed by atoms with E-state index in [2.05, 4.69) is 15.4 Å². The van der Waals surface area contributed by atoms with Crippen molar-refractivity contribution in [1.29, 1.82) is 0 Å². The van der Waals surface area contributed by atoms with Crippen molar-refractivity contribution in [3.05, 3.63) is 35.9 Å². The van der Waals surface area contributed by atoms with Gasteiger partial charge in [0.15, 0.2) is 5.82 Å². The molecule has 0 aliphatic heterocycles. The van der Waals surface area contributed by atoms with Crippen molar-refractivity contribution in [1.82, 2.24) is 20.1 Å². The summed E-state index contributed by atoms with van der Waals surface area (Å²) < 4.78 is 14.7. The number of aromatic nitrogens is 3. The van der Waals surface area contributed by atoms with Gasteiger partial charge in [0.05, 0.1) is 6.54 Å². The van der Waals surface area contributed by atoms with Crippen LogP contribution in [0.5, 0.6) is 0 Å². The SMILES string of the molecule is CNCc1nc(-c2cccc(F)c2)nn1C. The Morgan fingerprint density at radius 2 is 2.25 bits per heavy atom. The molecule has 0 fully saturated rings. The molecule has 0 aliphatic rings. The van der Waals surface area contributed by atoms with Gasteiger partial charge in [-0.25, -0.2) is 9.37 Å². The van der Waals surface area contributed by atoms with Gasteiger partial charge in [-0.05, 0) is 19.2 Å². The molecule has 0 unspecified atom stereocenters. The molecule has 0 radical (unpaired) electrons. The first-order valence-electron chi connectivity index (χ1n) is 5.01. The summed E-state index contributed by atoms with van der Waals surface area (Å²) in [7, 11) is 3.67. The van der Waals surface area contributed by atoms with Crippen molar-refractivity contribution < 1.29 is 4.39 Å². The predicted molar refractivity (Wildman–Crippen MR) is 59.2 cm³/mol. The molecular weight excluding hydrogens is 207 g/mol. The highest BCUT2D eigenvalue weighted by molar-refractivity contribution is 5.54. The number of nitrogens with zero attached hydrogens (tertiary/aromatic N) is 3. The highest BCUT2D eigenvalue weighted by atomic mass is 19.1. The Morgan fingerprint density at radius 1 is 1.44 bits per heavy atom. The average molecular weight is 220 g/mol. The number of hydrogen-bond donors (Lipinski definition) is 1. The van der Waals surface area contributed by atoms with Crippen LogP contribution >= 0.6 is 0 Å². The van der Waals surface area contributed by atoms with Crippen LogP contribution in [0.4, 0.5) is 4.39 Å². The van der Waals surface area contributed by atoms with E-state index in [1.54, 1.807) is 16.8 Å². The molecule has 16 heavy (non-hydrogen) atoms. The van der Waals surface area contributed by atoms with Gasteiger partial charge >= 0.3 is 0 Å². The number of halogens is 1. The minimum atomic E-state index is -0.278. The lowest BCUT2D eigenvalue weighted by Gasteiger charge is -1.95. The van der Waals surface area contributed by atoms with Crippen molar-refractivity contribution in [2.24, 2.45) is 7.05 Å². The Morgan fingerprint density at radius 3 is 2.94 bits per heavy atom. The van der Waals surface area contributed by atoms with Crippen LogP contribution in [0.1, 0.15) is 5.82 Å². The second-order valence-corrected chi connectivity index (χ2v) is 3.52. The minimum Gasteiger partial charge on any atom is -0.313 e. The zero-order valence-corrected chi connectivity index (χ0v) is 9.24. The molecule has 0 spiro atoms. The quantitative estimate of drug-likeness (QED) is 0.848. The first-order valence-corrected chi connectivity index (χ1v) is 5.01. The van der Waals surface area contributed by atoms with Crippen LogP contribution in [0.3, 0.4) is 0 Å². The fourth-order valence-corrected chi connectivity index (χ4v) is 1.48. The van der Waals surface area contributed by atoms with Gasteiger partial charge in [0.1, 0.15) is 11.6 Å². The van der Waals surface area contributed by atoms with Crippen LogP contribution in [0.15, 0.2) is 24.3 Å². The van der Waals surface area contributed by atoms with Crippen LogP contribution in [0, 0.1) is 5.82 Å². The summed E-state index contributed by atoms with van der Waals surface area (Å²) in [5.41, 5.74) is 0.693. The first kappa shape index (κ1) is 10.8. The van der Waals surface area contributed by atoms with Crippen LogP contribution in [-0.2, 0) is 13.6 Å². The third-order valence-electron chi connectivity index (χ3n) is 2.27. The van der Waals surface area contributed by atoms with Gasteiger partial charge in [-0.1, -0.05) is 12.1 Å². The van der Waals surface area contributed by atoms with Crippen molar-refractivity contribution in [2.75, 3.05) is 7.05 Å².